The molecule has 110 valence electrons. The van der Waals surface area contributed by atoms with E-state index in [0.29, 0.717) is 0 Å². The van der Waals surface area contributed by atoms with Gasteiger partial charge in [0.05, 0.1) is 7.11 Å². The molecule has 1 saturated carbocycles. The summed E-state index contributed by atoms with van der Waals surface area (Å²) in [5, 5.41) is 5.65. The first-order valence-electron chi connectivity index (χ1n) is 7.09. The first kappa shape index (κ1) is 15.8. The highest BCUT2D eigenvalue weighted by Gasteiger charge is 2.26. The molecule has 1 unspecified atom stereocenters. The first-order chi connectivity index (χ1) is 8.93. The van der Waals surface area contributed by atoms with Crippen LogP contribution in [-0.4, -0.2) is 31.2 Å². The molecule has 19 heavy (non-hydrogen) atoms. The van der Waals surface area contributed by atoms with Gasteiger partial charge in [-0.2, -0.15) is 0 Å². The van der Waals surface area contributed by atoms with E-state index in [0.717, 1.165) is 31.6 Å². The van der Waals surface area contributed by atoms with E-state index < -0.39 is 12.0 Å². The van der Waals surface area contributed by atoms with Crippen LogP contribution in [-0.2, 0) is 9.53 Å². The number of hydrogen-bond donors (Lipinski definition) is 2. The molecular weight excluding hydrogens is 244 g/mol. The molecule has 5 heteroatoms. The summed E-state index contributed by atoms with van der Waals surface area (Å²) in [5.74, 6) is 0.353. The van der Waals surface area contributed by atoms with Crippen LogP contribution < -0.4 is 10.6 Å². The van der Waals surface area contributed by atoms with E-state index in [9.17, 15) is 9.59 Å². The molecule has 0 bridgehead atoms. The number of amides is 2. The molecule has 1 rings (SSSR count). The standard InChI is InChI=1S/C14H26N2O3/c1-9(2)12(13(17)19-4)16-14(18)15-11-7-5-10(3)6-8-11/h9-12H,5-8H2,1-4H3,(H2,15,16,18). The van der Waals surface area contributed by atoms with Crippen LogP contribution in [0, 0.1) is 11.8 Å². The molecule has 1 fully saturated rings. The largest absolute Gasteiger partial charge is 0.467 e. The third kappa shape index (κ3) is 5.09. The lowest BCUT2D eigenvalue weighted by Crippen LogP contribution is -2.51. The van der Waals surface area contributed by atoms with Crippen molar-refractivity contribution in [3.63, 3.8) is 0 Å². The predicted molar refractivity (Wildman–Crippen MR) is 73.7 cm³/mol. The molecule has 2 amide bonds. The van der Waals surface area contributed by atoms with Crippen molar-refractivity contribution < 1.29 is 14.3 Å². The number of ether oxygens (including phenoxy) is 1. The van der Waals surface area contributed by atoms with Gasteiger partial charge in [0, 0.05) is 6.04 Å². The number of nitrogens with one attached hydrogen (secondary N) is 2. The number of carbonyl (C=O) groups excluding carboxylic acids is 2. The lowest BCUT2D eigenvalue weighted by Gasteiger charge is -2.28. The number of hydrogen-bond acceptors (Lipinski definition) is 3. The van der Waals surface area contributed by atoms with Crippen LogP contribution in [0.5, 0.6) is 0 Å². The summed E-state index contributed by atoms with van der Waals surface area (Å²) in [4.78, 5) is 23.5. The summed E-state index contributed by atoms with van der Waals surface area (Å²) >= 11 is 0. The number of methoxy groups -OCH3 is 1. The van der Waals surface area contributed by atoms with Gasteiger partial charge in [-0.05, 0) is 37.5 Å². The summed E-state index contributed by atoms with van der Waals surface area (Å²) in [6.07, 6.45) is 4.32. The summed E-state index contributed by atoms with van der Waals surface area (Å²) in [5.41, 5.74) is 0. The topological polar surface area (TPSA) is 67.4 Å². The maximum atomic E-state index is 11.9. The molecule has 1 aliphatic carbocycles. The summed E-state index contributed by atoms with van der Waals surface area (Å²) in [6.45, 7) is 6.00. The smallest absolute Gasteiger partial charge is 0.328 e. The maximum absolute atomic E-state index is 11.9. The van der Waals surface area contributed by atoms with Gasteiger partial charge in [0.1, 0.15) is 6.04 Å². The number of carbonyl (C=O) groups is 2. The Kier molecular flexibility index (Phi) is 6.12. The SMILES string of the molecule is COC(=O)C(NC(=O)NC1CCC(C)CC1)C(C)C. The molecule has 1 aliphatic rings. The summed E-state index contributed by atoms with van der Waals surface area (Å²) in [6, 6.07) is -0.641. The highest BCUT2D eigenvalue weighted by molar-refractivity contribution is 5.83. The Balaban J connectivity index is 2.42. The van der Waals surface area contributed by atoms with Gasteiger partial charge in [-0.1, -0.05) is 20.8 Å². The van der Waals surface area contributed by atoms with E-state index >= 15 is 0 Å². The van der Waals surface area contributed by atoms with E-state index in [1.54, 1.807) is 0 Å². The van der Waals surface area contributed by atoms with E-state index in [1.165, 1.54) is 7.11 Å². The molecular formula is C14H26N2O3. The quantitative estimate of drug-likeness (QED) is 0.768. The van der Waals surface area contributed by atoms with Gasteiger partial charge in [-0.15, -0.1) is 0 Å². The van der Waals surface area contributed by atoms with Crippen molar-refractivity contribution in [2.24, 2.45) is 11.8 Å². The molecule has 0 radical (unpaired) electrons. The van der Waals surface area contributed by atoms with Gasteiger partial charge in [-0.25, -0.2) is 9.59 Å². The van der Waals surface area contributed by atoms with Crippen LogP contribution >= 0.6 is 0 Å². The fourth-order valence-electron chi connectivity index (χ4n) is 2.40. The van der Waals surface area contributed by atoms with Gasteiger partial charge in [-0.3, -0.25) is 0 Å². The molecule has 2 N–H and O–H groups in total. The maximum Gasteiger partial charge on any atom is 0.328 e. The van der Waals surface area contributed by atoms with Gasteiger partial charge in [0.25, 0.3) is 0 Å². The minimum atomic E-state index is -0.590. The Labute approximate surface area is 115 Å². The van der Waals surface area contributed by atoms with Gasteiger partial charge >= 0.3 is 12.0 Å². The average Bonchev–Trinajstić information content (AvgIpc) is 2.37. The van der Waals surface area contributed by atoms with Crippen molar-refractivity contribution in [1.29, 1.82) is 0 Å². The third-order valence-corrected chi connectivity index (χ3v) is 3.76. The summed E-state index contributed by atoms with van der Waals surface area (Å²) < 4.78 is 4.70. The number of esters is 1. The molecule has 0 spiro atoms. The van der Waals surface area contributed by atoms with E-state index in [1.807, 2.05) is 13.8 Å². The van der Waals surface area contributed by atoms with Gasteiger partial charge < -0.3 is 15.4 Å². The zero-order valence-electron chi connectivity index (χ0n) is 12.4. The number of rotatable bonds is 4. The lowest BCUT2D eigenvalue weighted by atomic mass is 9.87. The molecule has 5 nitrogen and oxygen atoms in total. The van der Waals surface area contributed by atoms with Gasteiger partial charge in [0.15, 0.2) is 0 Å². The van der Waals surface area contributed by atoms with Crippen molar-refractivity contribution in [2.75, 3.05) is 7.11 Å². The average molecular weight is 270 g/mol. The van der Waals surface area contributed by atoms with E-state index in [-0.39, 0.29) is 18.0 Å². The summed E-state index contributed by atoms with van der Waals surface area (Å²) in [7, 11) is 1.33. The fourth-order valence-corrected chi connectivity index (χ4v) is 2.40. The van der Waals surface area contributed by atoms with Crippen molar-refractivity contribution in [3.8, 4) is 0 Å². The minimum absolute atomic E-state index is 0.00424. The highest BCUT2D eigenvalue weighted by Crippen LogP contribution is 2.23. The monoisotopic (exact) mass is 270 g/mol. The van der Waals surface area contributed by atoms with Crippen LogP contribution in [0.3, 0.4) is 0 Å². The minimum Gasteiger partial charge on any atom is -0.467 e. The molecule has 0 aliphatic heterocycles. The van der Waals surface area contributed by atoms with Crippen LogP contribution in [0.4, 0.5) is 4.79 Å². The van der Waals surface area contributed by atoms with Crippen LogP contribution in [0.25, 0.3) is 0 Å². The predicted octanol–water partition coefficient (Wildman–Crippen LogP) is 2.06. The second-order valence-electron chi connectivity index (χ2n) is 5.82. The van der Waals surface area contributed by atoms with Crippen LogP contribution in [0.2, 0.25) is 0 Å². The second-order valence-corrected chi connectivity index (χ2v) is 5.82. The molecule has 0 aromatic rings. The Bertz CT molecular complexity index is 310. The van der Waals surface area contributed by atoms with E-state index in [4.69, 9.17) is 4.74 Å². The third-order valence-electron chi connectivity index (χ3n) is 3.76. The van der Waals surface area contributed by atoms with Crippen molar-refractivity contribution in [2.45, 2.75) is 58.5 Å². The second kappa shape index (κ2) is 7.36. The Hall–Kier alpha value is -1.26. The molecule has 0 aromatic heterocycles. The highest BCUT2D eigenvalue weighted by atomic mass is 16.5. The van der Waals surface area contributed by atoms with E-state index in [2.05, 4.69) is 17.6 Å². The van der Waals surface area contributed by atoms with Crippen LogP contribution in [0.15, 0.2) is 0 Å². The zero-order chi connectivity index (χ0) is 14.4. The Morgan fingerprint density at radius 3 is 2.21 bits per heavy atom. The normalized spacial score (nSPS) is 24.7. The zero-order valence-corrected chi connectivity index (χ0v) is 12.4. The lowest BCUT2D eigenvalue weighted by molar-refractivity contribution is -0.143. The number of urea groups is 1. The molecule has 0 heterocycles. The van der Waals surface area contributed by atoms with Crippen LogP contribution in [0.1, 0.15) is 46.5 Å². The van der Waals surface area contributed by atoms with Crippen molar-refractivity contribution >= 4 is 12.0 Å². The Morgan fingerprint density at radius 1 is 1.16 bits per heavy atom. The Morgan fingerprint density at radius 2 is 1.74 bits per heavy atom. The van der Waals surface area contributed by atoms with Gasteiger partial charge in [0.2, 0.25) is 0 Å². The molecule has 0 aromatic carbocycles. The first-order valence-corrected chi connectivity index (χ1v) is 7.09. The molecule has 1 atom stereocenters. The van der Waals surface area contributed by atoms with Crippen molar-refractivity contribution in [3.05, 3.63) is 0 Å². The molecule has 0 saturated heterocycles. The fraction of sp³-hybridized carbons (Fsp3) is 0.857. The van der Waals surface area contributed by atoms with Crippen molar-refractivity contribution in [1.82, 2.24) is 10.6 Å².